The topological polar surface area (TPSA) is 68.3 Å². The van der Waals surface area contributed by atoms with E-state index in [2.05, 4.69) is 12.2 Å². The Morgan fingerprint density at radius 1 is 1.17 bits per heavy atom. The number of ether oxygens (including phenoxy) is 1. The summed E-state index contributed by atoms with van der Waals surface area (Å²) in [5, 5.41) is 3.62. The summed E-state index contributed by atoms with van der Waals surface area (Å²) in [6, 6.07) is 13.5. The van der Waals surface area contributed by atoms with E-state index >= 15 is 0 Å². The van der Waals surface area contributed by atoms with Crippen molar-refractivity contribution in [2.24, 2.45) is 5.92 Å². The standard InChI is InChI=1S/C25H26N2O3/c1-15-9-11-21-19(12-15)24(18-6-4-5-7-20(18)26-21)25(29)30-14-23(28)27-22-13-16(2)8-10-17(22)3/h4-8,10,13,15H,9,11-12,14H2,1-3H3,(H,27,28). The van der Waals surface area contributed by atoms with Crippen LogP contribution in [0.5, 0.6) is 0 Å². The maximum Gasteiger partial charge on any atom is 0.339 e. The van der Waals surface area contributed by atoms with Crippen molar-refractivity contribution in [3.05, 3.63) is 70.4 Å². The molecule has 1 N–H and O–H groups in total. The van der Waals surface area contributed by atoms with Gasteiger partial charge in [0.1, 0.15) is 0 Å². The number of pyridine rings is 1. The lowest BCUT2D eigenvalue weighted by atomic mass is 9.84. The summed E-state index contributed by atoms with van der Waals surface area (Å²) in [5.41, 5.74) is 6.03. The molecule has 1 atom stereocenters. The summed E-state index contributed by atoms with van der Waals surface area (Å²) in [5.74, 6) is -0.327. The highest BCUT2D eigenvalue weighted by Gasteiger charge is 2.26. The minimum absolute atomic E-state index is 0.326. The van der Waals surface area contributed by atoms with Crippen LogP contribution in [0.4, 0.5) is 5.69 Å². The fourth-order valence-electron chi connectivity index (χ4n) is 4.06. The number of nitrogens with one attached hydrogen (secondary N) is 1. The third-order valence-electron chi connectivity index (χ3n) is 5.71. The van der Waals surface area contributed by atoms with Crippen molar-refractivity contribution in [1.82, 2.24) is 4.98 Å². The molecule has 1 unspecified atom stereocenters. The normalized spacial score (nSPS) is 15.5. The first-order valence-corrected chi connectivity index (χ1v) is 10.4. The summed E-state index contributed by atoms with van der Waals surface area (Å²) in [7, 11) is 0. The molecule has 1 heterocycles. The first kappa shape index (κ1) is 20.1. The molecular weight excluding hydrogens is 376 g/mol. The summed E-state index contributed by atoms with van der Waals surface area (Å²) >= 11 is 0. The van der Waals surface area contributed by atoms with Crippen LogP contribution in [0, 0.1) is 19.8 Å². The van der Waals surface area contributed by atoms with Gasteiger partial charge >= 0.3 is 5.97 Å². The van der Waals surface area contributed by atoms with Crippen LogP contribution in [-0.4, -0.2) is 23.5 Å². The van der Waals surface area contributed by atoms with Crippen LogP contribution in [0.1, 0.15) is 46.1 Å². The number of nitrogens with zero attached hydrogens (tertiary/aromatic N) is 1. The number of carbonyl (C=O) groups is 2. The van der Waals surface area contributed by atoms with Crippen LogP contribution >= 0.6 is 0 Å². The maximum absolute atomic E-state index is 13.1. The summed E-state index contributed by atoms with van der Waals surface area (Å²) in [6.07, 6.45) is 2.71. The van der Waals surface area contributed by atoms with Gasteiger partial charge in [0.15, 0.2) is 6.61 Å². The molecule has 0 fully saturated rings. The molecule has 1 amide bonds. The Bertz CT molecular complexity index is 1140. The van der Waals surface area contributed by atoms with Crippen molar-refractivity contribution in [3.8, 4) is 0 Å². The highest BCUT2D eigenvalue weighted by atomic mass is 16.5. The molecule has 4 rings (SSSR count). The fraction of sp³-hybridized carbons (Fsp3) is 0.320. The van der Waals surface area contributed by atoms with E-state index in [0.29, 0.717) is 11.5 Å². The number of anilines is 1. The maximum atomic E-state index is 13.1. The van der Waals surface area contributed by atoms with Crippen LogP contribution in [0.2, 0.25) is 0 Å². The van der Waals surface area contributed by atoms with E-state index in [-0.39, 0.29) is 12.5 Å². The Balaban J connectivity index is 1.57. The average Bonchev–Trinajstić information content (AvgIpc) is 2.73. The van der Waals surface area contributed by atoms with Crippen LogP contribution < -0.4 is 5.32 Å². The average molecular weight is 402 g/mol. The molecule has 0 saturated carbocycles. The lowest BCUT2D eigenvalue weighted by molar-refractivity contribution is -0.119. The molecule has 0 bridgehead atoms. The third-order valence-corrected chi connectivity index (χ3v) is 5.71. The SMILES string of the molecule is Cc1ccc(C)c(NC(=O)COC(=O)c2c3c(nc4ccccc24)CCC(C)C3)c1. The molecule has 0 aliphatic heterocycles. The molecule has 154 valence electrons. The van der Waals surface area contributed by atoms with Gasteiger partial charge in [-0.05, 0) is 67.9 Å². The number of benzene rings is 2. The van der Waals surface area contributed by atoms with E-state index in [1.807, 2.05) is 56.3 Å². The van der Waals surface area contributed by atoms with Gasteiger partial charge in [-0.2, -0.15) is 0 Å². The smallest absolute Gasteiger partial charge is 0.339 e. The van der Waals surface area contributed by atoms with E-state index in [0.717, 1.165) is 58.2 Å². The van der Waals surface area contributed by atoms with Gasteiger partial charge in [0.2, 0.25) is 0 Å². The summed E-state index contributed by atoms with van der Waals surface area (Å²) in [4.78, 5) is 30.3. The number of esters is 1. The molecule has 3 aromatic rings. The number of hydrogen-bond acceptors (Lipinski definition) is 4. The monoisotopic (exact) mass is 402 g/mol. The Hall–Kier alpha value is -3.21. The molecule has 30 heavy (non-hydrogen) atoms. The zero-order valence-electron chi connectivity index (χ0n) is 17.6. The minimum atomic E-state index is -0.463. The summed E-state index contributed by atoms with van der Waals surface area (Å²) in [6.45, 7) is 5.75. The Morgan fingerprint density at radius 2 is 1.97 bits per heavy atom. The largest absolute Gasteiger partial charge is 0.452 e. The number of rotatable bonds is 4. The lowest BCUT2D eigenvalue weighted by Gasteiger charge is -2.24. The van der Waals surface area contributed by atoms with E-state index in [4.69, 9.17) is 9.72 Å². The quantitative estimate of drug-likeness (QED) is 0.638. The van der Waals surface area contributed by atoms with Gasteiger partial charge in [0.05, 0.1) is 11.1 Å². The highest BCUT2D eigenvalue weighted by Crippen LogP contribution is 2.32. The van der Waals surface area contributed by atoms with Gasteiger partial charge in [-0.1, -0.05) is 37.3 Å². The zero-order chi connectivity index (χ0) is 21.3. The van der Waals surface area contributed by atoms with Gasteiger partial charge in [-0.3, -0.25) is 9.78 Å². The Labute approximate surface area is 176 Å². The number of aromatic nitrogens is 1. The van der Waals surface area contributed by atoms with E-state index in [9.17, 15) is 9.59 Å². The first-order valence-electron chi connectivity index (χ1n) is 10.4. The Morgan fingerprint density at radius 3 is 2.80 bits per heavy atom. The fourth-order valence-corrected chi connectivity index (χ4v) is 4.06. The van der Waals surface area contributed by atoms with Gasteiger partial charge in [-0.15, -0.1) is 0 Å². The molecule has 1 aliphatic carbocycles. The predicted octanol–water partition coefficient (Wildman–Crippen LogP) is 4.77. The van der Waals surface area contributed by atoms with Crippen molar-refractivity contribution < 1.29 is 14.3 Å². The number of aryl methyl sites for hydroxylation is 3. The van der Waals surface area contributed by atoms with E-state index in [1.54, 1.807) is 0 Å². The molecule has 0 saturated heterocycles. The molecule has 1 aliphatic rings. The lowest BCUT2D eigenvalue weighted by Crippen LogP contribution is -2.24. The number of amides is 1. The molecule has 2 aromatic carbocycles. The van der Waals surface area contributed by atoms with Crippen molar-refractivity contribution in [3.63, 3.8) is 0 Å². The van der Waals surface area contributed by atoms with Crippen molar-refractivity contribution in [2.45, 2.75) is 40.0 Å². The van der Waals surface area contributed by atoms with Crippen molar-refractivity contribution in [1.29, 1.82) is 0 Å². The van der Waals surface area contributed by atoms with Gasteiger partial charge < -0.3 is 10.1 Å². The molecule has 5 heteroatoms. The molecule has 0 spiro atoms. The van der Waals surface area contributed by atoms with Crippen LogP contribution in [-0.2, 0) is 22.4 Å². The Kier molecular flexibility index (Phi) is 5.53. The molecule has 5 nitrogen and oxygen atoms in total. The van der Waals surface area contributed by atoms with Crippen molar-refractivity contribution in [2.75, 3.05) is 11.9 Å². The molecule has 1 aromatic heterocycles. The second kappa shape index (κ2) is 8.27. The van der Waals surface area contributed by atoms with Crippen LogP contribution in [0.15, 0.2) is 42.5 Å². The number of fused-ring (bicyclic) bond motifs is 2. The van der Waals surface area contributed by atoms with Crippen LogP contribution in [0.3, 0.4) is 0 Å². The molecule has 0 radical (unpaired) electrons. The number of hydrogen-bond donors (Lipinski definition) is 1. The van der Waals surface area contributed by atoms with E-state index < -0.39 is 5.97 Å². The third kappa shape index (κ3) is 4.06. The number of carbonyl (C=O) groups excluding carboxylic acids is 2. The number of para-hydroxylation sites is 1. The minimum Gasteiger partial charge on any atom is -0.452 e. The predicted molar refractivity (Wildman–Crippen MR) is 118 cm³/mol. The second-order valence-corrected chi connectivity index (χ2v) is 8.22. The highest BCUT2D eigenvalue weighted by molar-refractivity contribution is 6.06. The molecular formula is C25H26N2O3. The van der Waals surface area contributed by atoms with Crippen molar-refractivity contribution >= 4 is 28.5 Å². The zero-order valence-corrected chi connectivity index (χ0v) is 17.6. The van der Waals surface area contributed by atoms with E-state index in [1.165, 1.54) is 0 Å². The van der Waals surface area contributed by atoms with Gasteiger partial charge in [-0.25, -0.2) is 4.79 Å². The first-order chi connectivity index (χ1) is 14.4. The summed E-state index contributed by atoms with van der Waals surface area (Å²) < 4.78 is 5.46. The van der Waals surface area contributed by atoms with Crippen LogP contribution in [0.25, 0.3) is 10.9 Å². The van der Waals surface area contributed by atoms with Gasteiger partial charge in [0, 0.05) is 16.8 Å². The second-order valence-electron chi connectivity index (χ2n) is 8.22. The van der Waals surface area contributed by atoms with Gasteiger partial charge in [0.25, 0.3) is 5.91 Å².